The lowest BCUT2D eigenvalue weighted by molar-refractivity contribution is 0.0522. The van der Waals surface area contributed by atoms with E-state index in [1.54, 1.807) is 29.6 Å². The van der Waals surface area contributed by atoms with Crippen molar-refractivity contribution in [3.8, 4) is 0 Å². The molecule has 0 amide bonds. The molecule has 3 aromatic rings. The molecule has 0 atom stereocenters. The van der Waals surface area contributed by atoms with Gasteiger partial charge in [-0.2, -0.15) is 5.10 Å². The van der Waals surface area contributed by atoms with Gasteiger partial charge in [0.1, 0.15) is 0 Å². The third kappa shape index (κ3) is 3.13. The summed E-state index contributed by atoms with van der Waals surface area (Å²) in [5.41, 5.74) is 1.95. The molecule has 0 spiro atoms. The zero-order valence-electron chi connectivity index (χ0n) is 13.6. The Balaban J connectivity index is 2.16. The van der Waals surface area contributed by atoms with E-state index >= 15 is 0 Å². The Kier molecular flexibility index (Phi) is 5.07. The number of ether oxygens (including phenoxy) is 1. The van der Waals surface area contributed by atoms with Crippen molar-refractivity contribution < 1.29 is 9.53 Å². The summed E-state index contributed by atoms with van der Waals surface area (Å²) in [7, 11) is 1.83. The number of thioether (sulfide) groups is 1. The molecule has 0 radical (unpaired) electrons. The van der Waals surface area contributed by atoms with Gasteiger partial charge in [0.2, 0.25) is 0 Å². The van der Waals surface area contributed by atoms with Gasteiger partial charge in [0.05, 0.1) is 23.3 Å². The van der Waals surface area contributed by atoms with E-state index in [-0.39, 0.29) is 0 Å². The lowest BCUT2D eigenvalue weighted by Gasteiger charge is -2.08. The van der Waals surface area contributed by atoms with Crippen molar-refractivity contribution in [3.05, 3.63) is 17.5 Å². The third-order valence-corrected chi connectivity index (χ3v) is 6.30. The fourth-order valence-electron chi connectivity index (χ4n) is 2.25. The van der Waals surface area contributed by atoms with Crippen LogP contribution in [0, 0.1) is 6.92 Å². The minimum absolute atomic E-state index is 0.308. The average Bonchev–Trinajstić information content (AvgIpc) is 3.12. The van der Waals surface area contributed by atoms with Crippen molar-refractivity contribution in [1.82, 2.24) is 25.0 Å². The first kappa shape index (κ1) is 17.2. The number of hydrogen-bond donors (Lipinski definition) is 0. The molecule has 0 saturated carbocycles. The van der Waals surface area contributed by atoms with Crippen LogP contribution in [0.5, 0.6) is 0 Å². The Hall–Kier alpha value is -1.65. The molecule has 0 N–H and O–H groups in total. The van der Waals surface area contributed by atoms with Crippen LogP contribution in [0.2, 0.25) is 0 Å². The Bertz CT molecular complexity index is 905. The predicted octanol–water partition coefficient (Wildman–Crippen LogP) is 3.18. The minimum atomic E-state index is -0.396. The molecule has 0 aliphatic rings. The maximum Gasteiger partial charge on any atom is 0.340 e. The first-order chi connectivity index (χ1) is 11.5. The standard InChI is InChI=1S/C14H15N5O2S3/c1-5-21-12(20)8-6-15-11-9(7(2)18-19(11)3)10(8)23-14-17-16-13(22-4)24-14/h6H,5H2,1-4H3. The molecule has 0 saturated heterocycles. The molecular formula is C14H15N5O2S3. The van der Waals surface area contributed by atoms with E-state index in [9.17, 15) is 4.79 Å². The molecule has 0 unspecified atom stereocenters. The van der Waals surface area contributed by atoms with Gasteiger partial charge in [-0.25, -0.2) is 9.78 Å². The van der Waals surface area contributed by atoms with Crippen LogP contribution >= 0.6 is 34.9 Å². The maximum atomic E-state index is 12.3. The molecule has 3 aromatic heterocycles. The van der Waals surface area contributed by atoms with Gasteiger partial charge in [0, 0.05) is 18.1 Å². The van der Waals surface area contributed by atoms with Crippen molar-refractivity contribution >= 4 is 51.9 Å². The van der Waals surface area contributed by atoms with Crippen LogP contribution < -0.4 is 0 Å². The summed E-state index contributed by atoms with van der Waals surface area (Å²) in [4.78, 5) is 17.5. The molecule has 3 heterocycles. The summed E-state index contributed by atoms with van der Waals surface area (Å²) < 4.78 is 8.52. The normalized spacial score (nSPS) is 11.2. The summed E-state index contributed by atoms with van der Waals surface area (Å²) in [6.07, 6.45) is 3.50. The highest BCUT2D eigenvalue weighted by molar-refractivity contribution is 8.03. The lowest BCUT2D eigenvalue weighted by atomic mass is 10.2. The van der Waals surface area contributed by atoms with E-state index in [4.69, 9.17) is 4.74 Å². The molecule has 3 rings (SSSR count). The van der Waals surface area contributed by atoms with E-state index < -0.39 is 5.97 Å². The Morgan fingerprint density at radius 3 is 2.79 bits per heavy atom. The summed E-state index contributed by atoms with van der Waals surface area (Å²) in [5, 5.41) is 13.5. The first-order valence-electron chi connectivity index (χ1n) is 7.10. The summed E-state index contributed by atoms with van der Waals surface area (Å²) >= 11 is 4.43. The molecule has 10 heteroatoms. The summed E-state index contributed by atoms with van der Waals surface area (Å²) in [6.45, 7) is 3.99. The molecule has 7 nitrogen and oxygen atoms in total. The fraction of sp³-hybridized carbons (Fsp3) is 0.357. The van der Waals surface area contributed by atoms with Crippen molar-refractivity contribution in [2.45, 2.75) is 27.4 Å². The van der Waals surface area contributed by atoms with Crippen LogP contribution in [0.4, 0.5) is 0 Å². The average molecular weight is 382 g/mol. The molecule has 0 aliphatic heterocycles. The monoisotopic (exact) mass is 381 g/mol. The van der Waals surface area contributed by atoms with Gasteiger partial charge in [-0.15, -0.1) is 10.2 Å². The van der Waals surface area contributed by atoms with E-state index in [2.05, 4.69) is 20.3 Å². The fourth-order valence-corrected chi connectivity index (χ4v) is 4.91. The van der Waals surface area contributed by atoms with Crippen molar-refractivity contribution in [2.24, 2.45) is 7.05 Å². The largest absolute Gasteiger partial charge is 0.462 e. The van der Waals surface area contributed by atoms with Crippen LogP contribution in [-0.2, 0) is 11.8 Å². The van der Waals surface area contributed by atoms with Gasteiger partial charge in [-0.1, -0.05) is 34.9 Å². The van der Waals surface area contributed by atoms with Crippen LogP contribution in [0.15, 0.2) is 19.8 Å². The number of nitrogens with zero attached hydrogens (tertiary/aromatic N) is 5. The number of hydrogen-bond acceptors (Lipinski definition) is 9. The molecule has 0 bridgehead atoms. The first-order valence-corrected chi connectivity index (χ1v) is 9.95. The highest BCUT2D eigenvalue weighted by Gasteiger charge is 2.22. The van der Waals surface area contributed by atoms with Crippen LogP contribution in [0.3, 0.4) is 0 Å². The second-order valence-electron chi connectivity index (χ2n) is 4.77. The minimum Gasteiger partial charge on any atom is -0.462 e. The molecular weight excluding hydrogens is 366 g/mol. The zero-order chi connectivity index (χ0) is 17.3. The summed E-state index contributed by atoms with van der Waals surface area (Å²) in [6, 6.07) is 0. The maximum absolute atomic E-state index is 12.3. The molecule has 0 aliphatic carbocycles. The topological polar surface area (TPSA) is 82.8 Å². The van der Waals surface area contributed by atoms with E-state index in [0.29, 0.717) is 12.2 Å². The number of carbonyl (C=O) groups excluding carboxylic acids is 1. The van der Waals surface area contributed by atoms with E-state index in [1.807, 2.05) is 20.2 Å². The van der Waals surface area contributed by atoms with Gasteiger partial charge >= 0.3 is 5.97 Å². The SMILES string of the molecule is CCOC(=O)c1cnc2c(c(C)nn2C)c1Sc1nnc(SC)s1. The van der Waals surface area contributed by atoms with Crippen LogP contribution in [0.1, 0.15) is 23.0 Å². The van der Waals surface area contributed by atoms with E-state index in [0.717, 1.165) is 30.3 Å². The lowest BCUT2D eigenvalue weighted by Crippen LogP contribution is -2.07. The highest BCUT2D eigenvalue weighted by atomic mass is 32.2. The Morgan fingerprint density at radius 2 is 2.12 bits per heavy atom. The third-order valence-electron chi connectivity index (χ3n) is 3.23. The van der Waals surface area contributed by atoms with Gasteiger partial charge < -0.3 is 4.74 Å². The molecule has 126 valence electrons. The zero-order valence-corrected chi connectivity index (χ0v) is 16.0. The van der Waals surface area contributed by atoms with Gasteiger partial charge in [0.15, 0.2) is 14.3 Å². The van der Waals surface area contributed by atoms with Gasteiger partial charge in [-0.05, 0) is 20.1 Å². The molecule has 0 aromatic carbocycles. The number of aryl methyl sites for hydroxylation is 2. The number of rotatable bonds is 5. The van der Waals surface area contributed by atoms with E-state index in [1.165, 1.54) is 23.1 Å². The number of carbonyl (C=O) groups is 1. The molecule has 0 fully saturated rings. The molecule has 24 heavy (non-hydrogen) atoms. The smallest absolute Gasteiger partial charge is 0.340 e. The highest BCUT2D eigenvalue weighted by Crippen LogP contribution is 2.39. The second kappa shape index (κ2) is 7.08. The van der Waals surface area contributed by atoms with Crippen molar-refractivity contribution in [2.75, 3.05) is 12.9 Å². The van der Waals surface area contributed by atoms with Gasteiger partial charge in [-0.3, -0.25) is 4.68 Å². The predicted molar refractivity (Wildman–Crippen MR) is 95.0 cm³/mol. The van der Waals surface area contributed by atoms with Crippen LogP contribution in [0.25, 0.3) is 11.0 Å². The summed E-state index contributed by atoms with van der Waals surface area (Å²) in [5.74, 6) is -0.396. The second-order valence-corrected chi connectivity index (χ2v) is 8.06. The van der Waals surface area contributed by atoms with Gasteiger partial charge in [0.25, 0.3) is 0 Å². The van der Waals surface area contributed by atoms with Crippen LogP contribution in [-0.4, -0.2) is 43.8 Å². The number of esters is 1. The quantitative estimate of drug-likeness (QED) is 0.492. The van der Waals surface area contributed by atoms with Crippen molar-refractivity contribution in [3.63, 3.8) is 0 Å². The number of aromatic nitrogens is 5. The number of fused-ring (bicyclic) bond motifs is 1. The Morgan fingerprint density at radius 1 is 1.38 bits per heavy atom. The Labute approximate surface area is 151 Å². The number of pyridine rings is 1. The van der Waals surface area contributed by atoms with Crippen molar-refractivity contribution in [1.29, 1.82) is 0 Å².